The van der Waals surface area contributed by atoms with Gasteiger partial charge in [-0.15, -0.1) is 6.58 Å². The smallest absolute Gasteiger partial charge is 0.339 e. The van der Waals surface area contributed by atoms with Crippen LogP contribution >= 0.6 is 0 Å². The third kappa shape index (κ3) is 4.29. The average molecular weight is 328 g/mol. The van der Waals surface area contributed by atoms with E-state index >= 15 is 0 Å². The second-order valence-corrected chi connectivity index (χ2v) is 4.94. The van der Waals surface area contributed by atoms with Gasteiger partial charge in [-0.05, 0) is 30.2 Å². The van der Waals surface area contributed by atoms with Crippen LogP contribution in [0, 0.1) is 0 Å². The summed E-state index contributed by atoms with van der Waals surface area (Å²) in [5, 5.41) is 9.24. The fourth-order valence-electron chi connectivity index (χ4n) is 2.26. The molecule has 0 amide bonds. The Labute approximate surface area is 141 Å². The van der Waals surface area contributed by atoms with Gasteiger partial charge in [0.15, 0.2) is 11.5 Å². The molecule has 5 nitrogen and oxygen atoms in total. The summed E-state index contributed by atoms with van der Waals surface area (Å²) in [4.78, 5) is 11.3. The Morgan fingerprint density at radius 3 is 2.50 bits per heavy atom. The van der Waals surface area contributed by atoms with Crippen LogP contribution in [0.1, 0.15) is 15.9 Å². The molecule has 0 radical (unpaired) electrons. The lowest BCUT2D eigenvalue weighted by Crippen LogP contribution is -2.12. The van der Waals surface area contributed by atoms with Gasteiger partial charge in [0, 0.05) is 0 Å². The molecule has 0 heterocycles. The summed E-state index contributed by atoms with van der Waals surface area (Å²) in [6, 6.07) is 12.4. The predicted octanol–water partition coefficient (Wildman–Crippen LogP) is 3.58. The Morgan fingerprint density at radius 2 is 1.79 bits per heavy atom. The van der Waals surface area contributed by atoms with Crippen molar-refractivity contribution in [2.45, 2.75) is 6.42 Å². The van der Waals surface area contributed by atoms with Crippen LogP contribution < -0.4 is 14.2 Å². The lowest BCUT2D eigenvalue weighted by atomic mass is 10.1. The first-order valence-corrected chi connectivity index (χ1v) is 7.52. The molecule has 0 aromatic heterocycles. The highest BCUT2D eigenvalue weighted by Gasteiger charge is 2.16. The molecule has 2 aromatic carbocycles. The molecule has 0 fully saturated rings. The minimum Gasteiger partial charge on any atom is -0.493 e. The Bertz CT molecular complexity index is 709. The van der Waals surface area contributed by atoms with Crippen LogP contribution in [-0.2, 0) is 6.42 Å². The van der Waals surface area contributed by atoms with Crippen molar-refractivity contribution in [3.8, 4) is 17.2 Å². The van der Waals surface area contributed by atoms with E-state index in [2.05, 4.69) is 6.58 Å². The first-order valence-electron chi connectivity index (χ1n) is 7.52. The molecular formula is C19H20O5. The monoisotopic (exact) mass is 328 g/mol. The number of aromatic carboxylic acids is 1. The zero-order chi connectivity index (χ0) is 17.4. The van der Waals surface area contributed by atoms with Gasteiger partial charge in [-0.25, -0.2) is 4.79 Å². The highest BCUT2D eigenvalue weighted by molar-refractivity contribution is 5.92. The minimum atomic E-state index is -1.07. The van der Waals surface area contributed by atoms with Crippen molar-refractivity contribution in [3.05, 3.63) is 66.2 Å². The molecule has 24 heavy (non-hydrogen) atoms. The van der Waals surface area contributed by atoms with Crippen LogP contribution in [0.2, 0.25) is 0 Å². The first kappa shape index (κ1) is 17.4. The van der Waals surface area contributed by atoms with Gasteiger partial charge in [-0.2, -0.15) is 0 Å². The molecule has 0 saturated heterocycles. The number of methoxy groups -OCH3 is 1. The van der Waals surface area contributed by atoms with E-state index in [4.69, 9.17) is 14.2 Å². The van der Waals surface area contributed by atoms with E-state index in [1.165, 1.54) is 13.2 Å². The van der Waals surface area contributed by atoms with Crippen molar-refractivity contribution < 1.29 is 24.1 Å². The van der Waals surface area contributed by atoms with Crippen LogP contribution in [0.5, 0.6) is 17.2 Å². The second kappa shape index (κ2) is 8.62. The van der Waals surface area contributed by atoms with E-state index in [1.54, 1.807) is 12.1 Å². The summed E-state index contributed by atoms with van der Waals surface area (Å²) in [5.74, 6) is 0.276. The number of carboxylic acids is 1. The number of para-hydroxylation sites is 2. The Hall–Kier alpha value is -2.95. The standard InChI is InChI=1S/C19H20O5/c1-3-7-14-8-4-5-10-16(14)23-12-13-24-18-15(19(20)21)9-6-11-17(18)22-2/h3-6,8-11H,1,7,12-13H2,2H3,(H,20,21). The van der Waals surface area contributed by atoms with Crippen molar-refractivity contribution in [1.29, 1.82) is 0 Å². The van der Waals surface area contributed by atoms with Crippen LogP contribution in [0.3, 0.4) is 0 Å². The molecule has 126 valence electrons. The van der Waals surface area contributed by atoms with Crippen molar-refractivity contribution in [2.75, 3.05) is 20.3 Å². The maximum atomic E-state index is 11.3. The summed E-state index contributed by atoms with van der Waals surface area (Å²) >= 11 is 0. The van der Waals surface area contributed by atoms with Gasteiger partial charge in [0.25, 0.3) is 0 Å². The highest BCUT2D eigenvalue weighted by atomic mass is 16.5. The zero-order valence-corrected chi connectivity index (χ0v) is 13.5. The number of benzene rings is 2. The average Bonchev–Trinajstić information content (AvgIpc) is 2.60. The third-order valence-corrected chi connectivity index (χ3v) is 3.35. The van der Waals surface area contributed by atoms with E-state index < -0.39 is 5.97 Å². The Morgan fingerprint density at radius 1 is 1.08 bits per heavy atom. The molecule has 0 bridgehead atoms. The lowest BCUT2D eigenvalue weighted by molar-refractivity contribution is 0.0690. The van der Waals surface area contributed by atoms with Gasteiger partial charge in [-0.3, -0.25) is 0 Å². The quantitative estimate of drug-likeness (QED) is 0.563. The molecule has 0 aliphatic carbocycles. The number of carbonyl (C=O) groups is 1. The summed E-state index contributed by atoms with van der Waals surface area (Å²) in [7, 11) is 1.47. The maximum Gasteiger partial charge on any atom is 0.339 e. The predicted molar refractivity (Wildman–Crippen MR) is 91.3 cm³/mol. The van der Waals surface area contributed by atoms with Crippen molar-refractivity contribution in [3.63, 3.8) is 0 Å². The topological polar surface area (TPSA) is 65.0 Å². The van der Waals surface area contributed by atoms with Gasteiger partial charge in [-0.1, -0.05) is 30.3 Å². The molecule has 0 atom stereocenters. The number of hydrogen-bond donors (Lipinski definition) is 1. The maximum absolute atomic E-state index is 11.3. The molecule has 1 N–H and O–H groups in total. The number of carboxylic acid groups (broad SMARTS) is 1. The summed E-state index contributed by atoms with van der Waals surface area (Å²) in [6.45, 7) is 4.21. The normalized spacial score (nSPS) is 10.0. The number of rotatable bonds is 9. The van der Waals surface area contributed by atoms with E-state index in [9.17, 15) is 9.90 Å². The van der Waals surface area contributed by atoms with E-state index in [0.29, 0.717) is 12.2 Å². The van der Waals surface area contributed by atoms with Crippen molar-refractivity contribution >= 4 is 5.97 Å². The van der Waals surface area contributed by atoms with Gasteiger partial charge >= 0.3 is 5.97 Å². The van der Waals surface area contributed by atoms with Crippen LogP contribution in [-0.4, -0.2) is 31.4 Å². The third-order valence-electron chi connectivity index (χ3n) is 3.35. The van der Waals surface area contributed by atoms with Gasteiger partial charge in [0.2, 0.25) is 0 Å². The van der Waals surface area contributed by atoms with Crippen LogP contribution in [0.25, 0.3) is 0 Å². The van der Waals surface area contributed by atoms with Gasteiger partial charge in [0.1, 0.15) is 24.5 Å². The fourth-order valence-corrected chi connectivity index (χ4v) is 2.26. The van der Waals surface area contributed by atoms with Crippen molar-refractivity contribution in [2.24, 2.45) is 0 Å². The number of allylic oxidation sites excluding steroid dienone is 1. The van der Waals surface area contributed by atoms with E-state index in [-0.39, 0.29) is 24.5 Å². The molecule has 0 saturated carbocycles. The molecule has 0 aliphatic rings. The van der Waals surface area contributed by atoms with E-state index in [0.717, 1.165) is 11.3 Å². The molecule has 0 spiro atoms. The first-order chi connectivity index (χ1) is 11.7. The lowest BCUT2D eigenvalue weighted by Gasteiger charge is -2.14. The van der Waals surface area contributed by atoms with Crippen molar-refractivity contribution in [1.82, 2.24) is 0 Å². The summed E-state index contributed by atoms with van der Waals surface area (Å²) in [5.41, 5.74) is 1.09. The zero-order valence-electron chi connectivity index (χ0n) is 13.5. The Balaban J connectivity index is 2.00. The highest BCUT2D eigenvalue weighted by Crippen LogP contribution is 2.31. The SMILES string of the molecule is C=CCc1ccccc1OCCOc1c(OC)cccc1C(=O)O. The molecular weight excluding hydrogens is 308 g/mol. The largest absolute Gasteiger partial charge is 0.493 e. The molecule has 0 unspecified atom stereocenters. The van der Waals surface area contributed by atoms with Gasteiger partial charge < -0.3 is 19.3 Å². The van der Waals surface area contributed by atoms with Crippen LogP contribution in [0.15, 0.2) is 55.1 Å². The second-order valence-electron chi connectivity index (χ2n) is 4.94. The number of ether oxygens (including phenoxy) is 3. The van der Waals surface area contributed by atoms with Gasteiger partial charge in [0.05, 0.1) is 7.11 Å². The molecule has 2 aromatic rings. The minimum absolute atomic E-state index is 0.0569. The van der Waals surface area contributed by atoms with E-state index in [1.807, 2.05) is 30.3 Å². The number of hydrogen-bond acceptors (Lipinski definition) is 4. The molecule has 0 aliphatic heterocycles. The fraction of sp³-hybridized carbons (Fsp3) is 0.211. The van der Waals surface area contributed by atoms with Crippen LogP contribution in [0.4, 0.5) is 0 Å². The molecule has 2 rings (SSSR count). The summed E-state index contributed by atoms with van der Waals surface area (Å²) < 4.78 is 16.5. The molecule has 5 heteroatoms. The summed E-state index contributed by atoms with van der Waals surface area (Å²) in [6.07, 6.45) is 2.53. The Kier molecular flexibility index (Phi) is 6.25.